The van der Waals surface area contributed by atoms with Crippen molar-refractivity contribution in [1.82, 2.24) is 9.47 Å². The first-order valence-electron chi connectivity index (χ1n) is 15.3. The summed E-state index contributed by atoms with van der Waals surface area (Å²) in [7, 11) is 3.42. The van der Waals surface area contributed by atoms with Crippen LogP contribution in [0.15, 0.2) is 34.2 Å². The number of pyridine rings is 1. The van der Waals surface area contributed by atoms with Gasteiger partial charge in [-0.1, -0.05) is 13.8 Å². The highest BCUT2D eigenvalue weighted by molar-refractivity contribution is 5.91. The lowest BCUT2D eigenvalue weighted by atomic mass is 9.92. The Hall–Kier alpha value is -3.54. The van der Waals surface area contributed by atoms with Crippen molar-refractivity contribution in [2.75, 3.05) is 32.1 Å². The van der Waals surface area contributed by atoms with Crippen LogP contribution in [0.5, 0.6) is 0 Å². The summed E-state index contributed by atoms with van der Waals surface area (Å²) in [5, 5.41) is 9.66. The number of aryl methyl sites for hydroxylation is 1. The first kappa shape index (κ1) is 35.9. The number of anilines is 1. The Labute approximate surface area is 261 Å². The summed E-state index contributed by atoms with van der Waals surface area (Å²) in [4.78, 5) is 46.3. The lowest BCUT2D eigenvalue weighted by molar-refractivity contribution is -0.138. The zero-order valence-corrected chi connectivity index (χ0v) is 26.8. The number of halogens is 4. The number of aromatic nitrogens is 1. The molecule has 1 amide bonds. The minimum Gasteiger partial charge on any atom is -0.481 e. The zero-order chi connectivity index (χ0) is 33.6. The molecule has 0 saturated carbocycles. The molecular formula is C33H44F4N4O4. The Bertz CT molecular complexity index is 1450. The number of benzene rings is 1. The zero-order valence-electron chi connectivity index (χ0n) is 26.8. The van der Waals surface area contributed by atoms with Crippen LogP contribution in [0.2, 0.25) is 0 Å². The predicted octanol–water partition coefficient (Wildman–Crippen LogP) is 6.24. The van der Waals surface area contributed by atoms with E-state index in [2.05, 4.69) is 16.8 Å². The van der Waals surface area contributed by atoms with Gasteiger partial charge in [-0.2, -0.15) is 13.2 Å². The molecule has 0 spiro atoms. The predicted molar refractivity (Wildman–Crippen MR) is 167 cm³/mol. The second kappa shape index (κ2) is 15.2. The number of piperidine rings is 1. The number of hydrogen-bond acceptors (Lipinski definition) is 5. The first-order chi connectivity index (χ1) is 21.0. The fourth-order valence-electron chi connectivity index (χ4n) is 5.80. The van der Waals surface area contributed by atoms with Crippen molar-refractivity contribution in [1.29, 1.82) is 0 Å². The molecule has 3 rings (SSSR count). The fraction of sp³-hybridized carbons (Fsp3) is 0.576. The van der Waals surface area contributed by atoms with Crippen LogP contribution in [0.1, 0.15) is 87.1 Å². The highest BCUT2D eigenvalue weighted by Crippen LogP contribution is 2.34. The van der Waals surface area contributed by atoms with Crippen molar-refractivity contribution in [3.8, 4) is 0 Å². The molecule has 1 N–H and O–H groups in total. The quantitative estimate of drug-likeness (QED) is 0.219. The van der Waals surface area contributed by atoms with E-state index in [0.717, 1.165) is 48.5 Å². The van der Waals surface area contributed by atoms with Crippen LogP contribution in [0.25, 0.3) is 0 Å². The van der Waals surface area contributed by atoms with Crippen molar-refractivity contribution < 1.29 is 32.3 Å². The molecule has 1 aromatic heterocycles. The number of hydrogen-bond donors (Lipinski definition) is 1. The highest BCUT2D eigenvalue weighted by Gasteiger charge is 2.35. The first-order valence-corrected chi connectivity index (χ1v) is 15.3. The average molecular weight is 637 g/mol. The maximum Gasteiger partial charge on any atom is 0.416 e. The highest BCUT2D eigenvalue weighted by atomic mass is 19.4. The van der Waals surface area contributed by atoms with E-state index in [0.29, 0.717) is 11.6 Å². The molecule has 2 aromatic rings. The van der Waals surface area contributed by atoms with Gasteiger partial charge in [0.05, 0.1) is 12.0 Å². The molecule has 3 atom stereocenters. The topological polar surface area (TPSA) is 95.2 Å². The molecule has 1 aliphatic heterocycles. The van der Waals surface area contributed by atoms with Crippen LogP contribution in [-0.2, 0) is 22.2 Å². The van der Waals surface area contributed by atoms with Gasteiger partial charge in [-0.15, -0.1) is 0 Å². The van der Waals surface area contributed by atoms with E-state index in [1.54, 1.807) is 51.9 Å². The number of carboxylic acid groups (broad SMARTS) is 1. The maximum absolute atomic E-state index is 15.5. The third-order valence-corrected chi connectivity index (χ3v) is 8.19. The Balaban J connectivity index is 2.06. The smallest absolute Gasteiger partial charge is 0.416 e. The van der Waals surface area contributed by atoms with Gasteiger partial charge in [0.25, 0.3) is 11.5 Å². The molecule has 0 aliphatic carbocycles. The Morgan fingerprint density at radius 3 is 2.44 bits per heavy atom. The number of carbonyl (C=O) groups excluding carboxylic acids is 1. The van der Waals surface area contributed by atoms with E-state index in [9.17, 15) is 32.7 Å². The van der Waals surface area contributed by atoms with E-state index >= 15 is 4.39 Å². The van der Waals surface area contributed by atoms with Gasteiger partial charge in [-0.25, -0.2) is 9.38 Å². The van der Waals surface area contributed by atoms with Crippen molar-refractivity contribution in [2.24, 2.45) is 10.9 Å². The molecule has 0 radical (unpaired) electrons. The van der Waals surface area contributed by atoms with E-state index in [1.165, 1.54) is 0 Å². The third-order valence-electron chi connectivity index (χ3n) is 8.19. The molecule has 45 heavy (non-hydrogen) atoms. The van der Waals surface area contributed by atoms with E-state index in [-0.39, 0.29) is 42.5 Å². The number of carboxylic acids is 1. The van der Waals surface area contributed by atoms with E-state index < -0.39 is 53.4 Å². The Morgan fingerprint density at radius 1 is 1.18 bits per heavy atom. The minimum atomic E-state index is -4.76. The molecule has 1 aromatic carbocycles. The molecule has 2 heterocycles. The van der Waals surface area contributed by atoms with Gasteiger partial charge in [-0.05, 0) is 94.8 Å². The Kier molecular flexibility index (Phi) is 12.1. The van der Waals surface area contributed by atoms with Gasteiger partial charge in [0, 0.05) is 49.2 Å². The van der Waals surface area contributed by atoms with E-state index in [4.69, 9.17) is 0 Å². The molecule has 248 valence electrons. The largest absolute Gasteiger partial charge is 0.481 e. The number of likely N-dealkylation sites (N-methyl/N-ethyl adjacent to an activating group) is 1. The number of amides is 1. The van der Waals surface area contributed by atoms with Gasteiger partial charge in [0.15, 0.2) is 0 Å². The molecule has 1 aliphatic rings. The number of rotatable bonds is 12. The summed E-state index contributed by atoms with van der Waals surface area (Å²) in [5.74, 6) is -3.92. The van der Waals surface area contributed by atoms with Gasteiger partial charge in [-0.3, -0.25) is 14.4 Å². The van der Waals surface area contributed by atoms with Crippen LogP contribution >= 0.6 is 0 Å². The summed E-state index contributed by atoms with van der Waals surface area (Å²) in [6.07, 6.45) is -0.0354. The normalized spacial score (nSPS) is 17.3. The van der Waals surface area contributed by atoms with Crippen LogP contribution in [0.4, 0.5) is 23.2 Å². The van der Waals surface area contributed by atoms with Crippen LogP contribution in [0.3, 0.4) is 0 Å². The molecule has 8 nitrogen and oxygen atoms in total. The molecule has 0 bridgehead atoms. The lowest BCUT2D eigenvalue weighted by Gasteiger charge is -2.36. The maximum atomic E-state index is 15.5. The molecular weight excluding hydrogens is 592 g/mol. The van der Waals surface area contributed by atoms with Crippen LogP contribution in [-0.4, -0.2) is 65.9 Å². The van der Waals surface area contributed by atoms with Crippen LogP contribution < -0.4 is 10.5 Å². The second-order valence-electron chi connectivity index (χ2n) is 12.7. The van der Waals surface area contributed by atoms with Gasteiger partial charge >= 0.3 is 12.1 Å². The summed E-state index contributed by atoms with van der Waals surface area (Å²) in [5.41, 5.74) is -1.02. The minimum absolute atomic E-state index is 0.0146. The van der Waals surface area contributed by atoms with Crippen molar-refractivity contribution in [2.45, 2.75) is 90.4 Å². The number of aliphatic imine (C=N–C) groups is 1. The molecule has 1 fully saturated rings. The number of aliphatic carboxylic acids is 1. The number of carbonyl (C=O) groups is 2. The number of nitrogens with zero attached hydrogens (tertiary/aromatic N) is 4. The summed E-state index contributed by atoms with van der Waals surface area (Å²) < 4.78 is 58.0. The Morgan fingerprint density at radius 2 is 1.87 bits per heavy atom. The van der Waals surface area contributed by atoms with E-state index in [1.807, 2.05) is 0 Å². The van der Waals surface area contributed by atoms with Crippen molar-refractivity contribution >= 4 is 23.8 Å². The second-order valence-corrected chi connectivity index (χ2v) is 12.7. The average Bonchev–Trinajstić information content (AvgIpc) is 2.94. The standard InChI is InChI=1S/C33H44F4N4O4/c1-20(2)13-28(41-19-23(10-12-39(5)6)27(17-29(41)42)33(35,36)37)32(45)38-18-24(15-30(43)44)26-16-25(14-21(3)31(26)34)40-11-8-7-9-22(40)4/h14,16-20,22,24,28H,7-13,15H2,1-6H3,(H,43,44)/t22-,24?,28?/m0/s1. The number of alkyl halides is 3. The third kappa shape index (κ3) is 9.48. The summed E-state index contributed by atoms with van der Waals surface area (Å²) >= 11 is 0. The van der Waals surface area contributed by atoms with Crippen LogP contribution in [0, 0.1) is 18.7 Å². The monoisotopic (exact) mass is 636 g/mol. The van der Waals surface area contributed by atoms with Crippen molar-refractivity contribution in [3.63, 3.8) is 0 Å². The van der Waals surface area contributed by atoms with Crippen molar-refractivity contribution in [3.05, 3.63) is 62.8 Å². The fourth-order valence-corrected chi connectivity index (χ4v) is 5.80. The molecule has 1 saturated heterocycles. The lowest BCUT2D eigenvalue weighted by Crippen LogP contribution is -2.37. The van der Waals surface area contributed by atoms with Gasteiger partial charge < -0.3 is 19.5 Å². The van der Waals surface area contributed by atoms with Gasteiger partial charge in [0.2, 0.25) is 0 Å². The SMILES string of the molecule is Cc1cc(N2CCCC[C@@H]2C)cc(C(C=NC(=O)C(CC(C)C)n2cc(CCN(C)C)c(C(F)(F)F)cc2=O)CC(=O)O)c1F. The molecule has 12 heteroatoms. The summed E-state index contributed by atoms with van der Waals surface area (Å²) in [6.45, 7) is 8.32. The summed E-state index contributed by atoms with van der Waals surface area (Å²) in [6, 6.07) is 2.81. The van der Waals surface area contributed by atoms with Gasteiger partial charge in [0.1, 0.15) is 11.9 Å². The molecule has 2 unspecified atom stereocenters.